The highest BCUT2D eigenvalue weighted by atomic mass is 32.2. The van der Waals surface area contributed by atoms with E-state index in [0.29, 0.717) is 11.5 Å². The first-order valence-corrected chi connectivity index (χ1v) is 12.3. The number of carbonyl (C=O) groups excluding carboxylic acids is 1. The molecule has 1 unspecified atom stereocenters. The van der Waals surface area contributed by atoms with Crippen LogP contribution in [0.1, 0.15) is 34.9 Å². The van der Waals surface area contributed by atoms with E-state index in [4.69, 9.17) is 0 Å². The average Bonchev–Trinajstić information content (AvgIpc) is 3.36. The third kappa shape index (κ3) is 3.82. The normalized spacial score (nSPS) is 19.9. The maximum Gasteiger partial charge on any atom is 0.271 e. The molecule has 1 N–H and O–H groups in total. The molecule has 0 bridgehead atoms. The van der Waals surface area contributed by atoms with Crippen molar-refractivity contribution < 1.29 is 17.6 Å². The van der Waals surface area contributed by atoms with Crippen molar-refractivity contribution in [3.8, 4) is 0 Å². The molecule has 1 atom stereocenters. The molecule has 1 aromatic carbocycles. The predicted octanol–water partition coefficient (Wildman–Crippen LogP) is 1.58. The van der Waals surface area contributed by atoms with Crippen LogP contribution in [0.4, 0.5) is 10.2 Å². The van der Waals surface area contributed by atoms with Gasteiger partial charge in [-0.2, -0.15) is 4.31 Å². The topological polar surface area (TPSA) is 99.9 Å². The molecule has 2 aliphatic heterocycles. The maximum absolute atomic E-state index is 13.8. The molecule has 0 radical (unpaired) electrons. The lowest BCUT2D eigenvalue weighted by molar-refractivity contribution is 0.0888. The first-order valence-electron chi connectivity index (χ1n) is 10.4. The van der Waals surface area contributed by atoms with Gasteiger partial charge in [0.05, 0.1) is 24.5 Å². The van der Waals surface area contributed by atoms with Gasteiger partial charge in [-0.15, -0.1) is 5.10 Å². The Labute approximate surface area is 184 Å². The lowest BCUT2D eigenvalue weighted by Gasteiger charge is -2.37. The molecule has 2 fully saturated rings. The lowest BCUT2D eigenvalue weighted by atomic mass is 10.0. The fourth-order valence-corrected chi connectivity index (χ4v) is 5.23. The molecule has 2 aromatic heterocycles. The summed E-state index contributed by atoms with van der Waals surface area (Å²) in [5.41, 5.74) is 1.71. The fraction of sp³-hybridized carbons (Fsp3) is 0.381. The van der Waals surface area contributed by atoms with Crippen molar-refractivity contribution in [2.24, 2.45) is 0 Å². The molecule has 2 saturated heterocycles. The van der Waals surface area contributed by atoms with Crippen LogP contribution >= 0.6 is 0 Å². The van der Waals surface area contributed by atoms with E-state index in [2.05, 4.69) is 20.3 Å². The van der Waals surface area contributed by atoms with Gasteiger partial charge in [-0.1, -0.05) is 12.1 Å². The van der Waals surface area contributed by atoms with Crippen molar-refractivity contribution in [2.45, 2.75) is 24.9 Å². The standard InChI is InChI=1S/C21H23FN6O3S/c1-32(30,31)26-12-16(13-26)24-21(29)18-11-23-19-7-8-20(25-28(18)19)27-9-3-6-17(27)14-4-2-5-15(22)10-14/h2,4-5,7-8,10-11,16-17H,3,6,9,12-13H2,1H3,(H,24,29). The summed E-state index contributed by atoms with van der Waals surface area (Å²) in [5, 5.41) is 7.50. The zero-order valence-electron chi connectivity index (χ0n) is 17.5. The van der Waals surface area contributed by atoms with Gasteiger partial charge in [0.1, 0.15) is 11.6 Å². The van der Waals surface area contributed by atoms with Crippen LogP contribution in [-0.2, 0) is 10.0 Å². The number of fused-ring (bicyclic) bond motifs is 1. The number of hydrogen-bond acceptors (Lipinski definition) is 6. The summed E-state index contributed by atoms with van der Waals surface area (Å²) in [4.78, 5) is 19.2. The molecule has 2 aliphatic rings. The van der Waals surface area contributed by atoms with E-state index >= 15 is 0 Å². The van der Waals surface area contributed by atoms with Gasteiger partial charge >= 0.3 is 0 Å². The predicted molar refractivity (Wildman–Crippen MR) is 116 cm³/mol. The number of sulfonamides is 1. The van der Waals surface area contributed by atoms with E-state index in [-0.39, 0.29) is 42.6 Å². The van der Waals surface area contributed by atoms with E-state index in [0.717, 1.165) is 31.2 Å². The van der Waals surface area contributed by atoms with Crippen molar-refractivity contribution in [3.05, 3.63) is 59.7 Å². The monoisotopic (exact) mass is 458 g/mol. The largest absolute Gasteiger partial charge is 0.348 e. The van der Waals surface area contributed by atoms with Crippen LogP contribution in [0.15, 0.2) is 42.6 Å². The van der Waals surface area contributed by atoms with Gasteiger partial charge in [0, 0.05) is 19.6 Å². The summed E-state index contributed by atoms with van der Waals surface area (Å²) in [6, 6.07) is 10.0. The second kappa shape index (κ2) is 7.82. The Morgan fingerprint density at radius 2 is 2.03 bits per heavy atom. The first kappa shape index (κ1) is 20.8. The molecule has 168 valence electrons. The minimum absolute atomic E-state index is 0.00778. The molecule has 9 nitrogen and oxygen atoms in total. The Balaban J connectivity index is 1.37. The quantitative estimate of drug-likeness (QED) is 0.623. The number of aromatic nitrogens is 3. The number of amides is 1. The molecule has 0 saturated carbocycles. The molecular formula is C21H23FN6O3S. The Hall–Kier alpha value is -3.05. The number of carbonyl (C=O) groups is 1. The van der Waals surface area contributed by atoms with Crippen molar-refractivity contribution in [1.29, 1.82) is 0 Å². The van der Waals surface area contributed by atoms with Gasteiger partial charge in [0.2, 0.25) is 10.0 Å². The van der Waals surface area contributed by atoms with Crippen LogP contribution in [0.5, 0.6) is 0 Å². The second-order valence-electron chi connectivity index (χ2n) is 8.26. The van der Waals surface area contributed by atoms with E-state index in [1.165, 1.54) is 21.1 Å². The van der Waals surface area contributed by atoms with E-state index in [1.807, 2.05) is 12.1 Å². The van der Waals surface area contributed by atoms with Crippen molar-refractivity contribution in [2.75, 3.05) is 30.8 Å². The number of imidazole rings is 1. The number of benzene rings is 1. The summed E-state index contributed by atoms with van der Waals surface area (Å²) in [6.07, 6.45) is 4.45. The molecule has 1 amide bonds. The van der Waals surface area contributed by atoms with Gasteiger partial charge in [0.25, 0.3) is 5.91 Å². The minimum atomic E-state index is -3.25. The summed E-state index contributed by atoms with van der Waals surface area (Å²) >= 11 is 0. The Bertz CT molecular complexity index is 1290. The van der Waals surface area contributed by atoms with E-state index < -0.39 is 10.0 Å². The summed E-state index contributed by atoms with van der Waals surface area (Å²) in [5.74, 6) is 0.0587. The van der Waals surface area contributed by atoms with Crippen LogP contribution in [0.3, 0.4) is 0 Å². The van der Waals surface area contributed by atoms with Crippen LogP contribution < -0.4 is 10.2 Å². The number of anilines is 1. The van der Waals surface area contributed by atoms with Crippen molar-refractivity contribution >= 4 is 27.4 Å². The number of nitrogens with one attached hydrogen (secondary N) is 1. The zero-order valence-corrected chi connectivity index (χ0v) is 18.3. The molecule has 4 heterocycles. The van der Waals surface area contributed by atoms with Crippen LogP contribution in [0.2, 0.25) is 0 Å². The zero-order chi connectivity index (χ0) is 22.5. The van der Waals surface area contributed by atoms with Gasteiger partial charge in [-0.05, 0) is 42.7 Å². The molecule has 0 spiro atoms. The minimum Gasteiger partial charge on any atom is -0.348 e. The third-order valence-electron chi connectivity index (χ3n) is 6.01. The Morgan fingerprint density at radius 3 is 2.78 bits per heavy atom. The van der Waals surface area contributed by atoms with Gasteiger partial charge in [0.15, 0.2) is 11.3 Å². The van der Waals surface area contributed by atoms with Crippen molar-refractivity contribution in [1.82, 2.24) is 24.2 Å². The number of rotatable bonds is 5. The summed E-state index contributed by atoms with van der Waals surface area (Å²) in [6.45, 7) is 1.28. The molecule has 5 rings (SSSR count). The highest BCUT2D eigenvalue weighted by molar-refractivity contribution is 7.88. The summed E-state index contributed by atoms with van der Waals surface area (Å²) < 4.78 is 39.6. The van der Waals surface area contributed by atoms with Crippen LogP contribution in [0.25, 0.3) is 5.65 Å². The average molecular weight is 459 g/mol. The molecule has 3 aromatic rings. The third-order valence-corrected chi connectivity index (χ3v) is 7.25. The van der Waals surface area contributed by atoms with E-state index in [9.17, 15) is 17.6 Å². The smallest absolute Gasteiger partial charge is 0.271 e. The number of hydrogen-bond donors (Lipinski definition) is 1. The van der Waals surface area contributed by atoms with Gasteiger partial charge < -0.3 is 10.2 Å². The number of nitrogens with zero attached hydrogens (tertiary/aromatic N) is 5. The van der Waals surface area contributed by atoms with Crippen molar-refractivity contribution in [3.63, 3.8) is 0 Å². The fourth-order valence-electron chi connectivity index (χ4n) is 4.33. The Morgan fingerprint density at radius 1 is 1.22 bits per heavy atom. The van der Waals surface area contributed by atoms with Gasteiger partial charge in [-0.25, -0.2) is 22.3 Å². The highest BCUT2D eigenvalue weighted by Gasteiger charge is 2.35. The van der Waals surface area contributed by atoms with Crippen LogP contribution in [0, 0.1) is 5.82 Å². The Kier molecular flexibility index (Phi) is 5.09. The van der Waals surface area contributed by atoms with Gasteiger partial charge in [-0.3, -0.25) is 4.79 Å². The summed E-state index contributed by atoms with van der Waals surface area (Å²) in [7, 11) is -3.25. The molecule has 32 heavy (non-hydrogen) atoms. The number of halogens is 1. The molecule has 0 aliphatic carbocycles. The van der Waals surface area contributed by atoms with Crippen LogP contribution in [-0.4, -0.2) is 65.2 Å². The first-order chi connectivity index (χ1) is 15.3. The van der Waals surface area contributed by atoms with E-state index in [1.54, 1.807) is 18.2 Å². The highest BCUT2D eigenvalue weighted by Crippen LogP contribution is 2.35. The second-order valence-corrected chi connectivity index (χ2v) is 10.2. The lowest BCUT2D eigenvalue weighted by Crippen LogP contribution is -2.60. The molecular weight excluding hydrogens is 435 g/mol. The SMILES string of the molecule is CS(=O)(=O)N1CC(NC(=O)c2cnc3ccc(N4CCCC4c4cccc(F)c4)nn23)C1. The molecule has 11 heteroatoms. The maximum atomic E-state index is 13.8.